The average molecular weight is 397 g/mol. The van der Waals surface area contributed by atoms with Gasteiger partial charge in [-0.05, 0) is 43.9 Å². The van der Waals surface area contributed by atoms with Gasteiger partial charge in [0.25, 0.3) is 5.91 Å². The first-order chi connectivity index (χ1) is 13.3. The maximum absolute atomic E-state index is 12.9. The predicted molar refractivity (Wildman–Crippen MR) is 94.9 cm³/mol. The molecule has 2 aromatic rings. The van der Waals surface area contributed by atoms with E-state index >= 15 is 0 Å². The molecule has 4 rings (SSSR count). The number of halogens is 3. The topological polar surface area (TPSA) is 67.5 Å². The summed E-state index contributed by atoms with van der Waals surface area (Å²) in [5, 5.41) is 0. The standard InChI is InChI=1S/C19H22F3N3O3/c1-27-15-3-2-10-28-18(15)6-8-25(9-7-18)16(26)12-4-5-13-14(11-12)24-17(23-13)19(20,21)22/h4-5,11,15H,2-3,6-10H2,1H3,(H,23,24). The first-order valence-electron chi connectivity index (χ1n) is 9.35. The number of aromatic nitrogens is 2. The highest BCUT2D eigenvalue weighted by molar-refractivity contribution is 5.97. The number of rotatable bonds is 2. The number of methoxy groups -OCH3 is 1. The summed E-state index contributed by atoms with van der Waals surface area (Å²) in [5.74, 6) is -1.27. The van der Waals surface area contributed by atoms with Crippen LogP contribution in [0.3, 0.4) is 0 Å². The van der Waals surface area contributed by atoms with Gasteiger partial charge in [0.2, 0.25) is 5.82 Å². The third-order valence-corrected chi connectivity index (χ3v) is 5.77. The van der Waals surface area contributed by atoms with Crippen molar-refractivity contribution in [3.05, 3.63) is 29.6 Å². The zero-order valence-electron chi connectivity index (χ0n) is 15.5. The normalized spacial score (nSPS) is 22.7. The smallest absolute Gasteiger partial charge is 0.378 e. The minimum Gasteiger partial charge on any atom is -0.378 e. The second-order valence-electron chi connectivity index (χ2n) is 7.39. The molecule has 0 saturated carbocycles. The van der Waals surface area contributed by atoms with E-state index in [4.69, 9.17) is 9.47 Å². The van der Waals surface area contributed by atoms with Crippen molar-refractivity contribution in [1.82, 2.24) is 14.9 Å². The summed E-state index contributed by atoms with van der Waals surface area (Å²) in [6, 6.07) is 4.38. The zero-order valence-corrected chi connectivity index (χ0v) is 15.5. The highest BCUT2D eigenvalue weighted by Gasteiger charge is 2.45. The van der Waals surface area contributed by atoms with Gasteiger partial charge in [0.1, 0.15) is 0 Å². The van der Waals surface area contributed by atoms with E-state index in [1.165, 1.54) is 18.2 Å². The largest absolute Gasteiger partial charge is 0.449 e. The van der Waals surface area contributed by atoms with Crippen LogP contribution in [-0.4, -0.2) is 59.3 Å². The molecule has 2 aliphatic heterocycles. The number of imidazole rings is 1. The van der Waals surface area contributed by atoms with Crippen LogP contribution in [-0.2, 0) is 15.7 Å². The van der Waals surface area contributed by atoms with Gasteiger partial charge in [-0.15, -0.1) is 0 Å². The van der Waals surface area contributed by atoms with Gasteiger partial charge in [-0.3, -0.25) is 4.79 Å². The Morgan fingerprint density at radius 1 is 1.36 bits per heavy atom. The van der Waals surface area contributed by atoms with Gasteiger partial charge in [-0.25, -0.2) is 4.98 Å². The molecule has 28 heavy (non-hydrogen) atoms. The Balaban J connectivity index is 1.49. The fourth-order valence-corrected chi connectivity index (χ4v) is 4.25. The first kappa shape index (κ1) is 19.2. The molecular formula is C19H22F3N3O3. The number of likely N-dealkylation sites (tertiary alicyclic amines) is 1. The summed E-state index contributed by atoms with van der Waals surface area (Å²) in [7, 11) is 1.69. The van der Waals surface area contributed by atoms with Crippen molar-refractivity contribution in [1.29, 1.82) is 0 Å². The van der Waals surface area contributed by atoms with Crippen LogP contribution in [0.25, 0.3) is 11.0 Å². The lowest BCUT2D eigenvalue weighted by atomic mass is 9.81. The van der Waals surface area contributed by atoms with Gasteiger partial charge in [0, 0.05) is 32.4 Å². The number of ether oxygens (including phenoxy) is 2. The Kier molecular flexibility index (Phi) is 4.83. The molecule has 1 aromatic heterocycles. The molecule has 9 heteroatoms. The molecule has 1 amide bonds. The average Bonchev–Trinajstić information content (AvgIpc) is 3.12. The number of piperidine rings is 1. The summed E-state index contributed by atoms with van der Waals surface area (Å²) < 4.78 is 50.1. The Morgan fingerprint density at radius 2 is 2.11 bits per heavy atom. The van der Waals surface area contributed by atoms with Gasteiger partial charge in [-0.2, -0.15) is 13.2 Å². The number of hydrogen-bond donors (Lipinski definition) is 1. The zero-order chi connectivity index (χ0) is 19.9. The summed E-state index contributed by atoms with van der Waals surface area (Å²) in [6.07, 6.45) is -1.25. The van der Waals surface area contributed by atoms with Crippen LogP contribution < -0.4 is 0 Å². The lowest BCUT2D eigenvalue weighted by molar-refractivity contribution is -0.183. The van der Waals surface area contributed by atoms with Crippen molar-refractivity contribution >= 4 is 16.9 Å². The first-order valence-corrected chi connectivity index (χ1v) is 9.35. The van der Waals surface area contributed by atoms with Crippen molar-refractivity contribution in [2.24, 2.45) is 0 Å². The molecule has 2 fully saturated rings. The van der Waals surface area contributed by atoms with Crippen LogP contribution in [0.4, 0.5) is 13.2 Å². The second-order valence-corrected chi connectivity index (χ2v) is 7.39. The number of carbonyl (C=O) groups is 1. The van der Waals surface area contributed by atoms with Crippen molar-refractivity contribution in [3.8, 4) is 0 Å². The van der Waals surface area contributed by atoms with E-state index in [2.05, 4.69) is 9.97 Å². The van der Waals surface area contributed by atoms with E-state index in [1.807, 2.05) is 0 Å². The molecule has 1 aromatic carbocycles. The van der Waals surface area contributed by atoms with Crippen molar-refractivity contribution < 1.29 is 27.4 Å². The van der Waals surface area contributed by atoms with E-state index in [0.29, 0.717) is 38.1 Å². The third kappa shape index (κ3) is 3.37. The molecule has 2 saturated heterocycles. The number of benzene rings is 1. The highest BCUT2D eigenvalue weighted by atomic mass is 19.4. The monoisotopic (exact) mass is 397 g/mol. The van der Waals surface area contributed by atoms with Crippen molar-refractivity contribution in [2.45, 2.75) is 43.6 Å². The van der Waals surface area contributed by atoms with Gasteiger partial charge >= 0.3 is 6.18 Å². The van der Waals surface area contributed by atoms with Crippen LogP contribution in [0.15, 0.2) is 18.2 Å². The van der Waals surface area contributed by atoms with Gasteiger partial charge in [-0.1, -0.05) is 0 Å². The summed E-state index contributed by atoms with van der Waals surface area (Å²) >= 11 is 0. The number of amides is 1. The molecule has 6 nitrogen and oxygen atoms in total. The minimum atomic E-state index is -4.55. The quantitative estimate of drug-likeness (QED) is 0.844. The second kappa shape index (κ2) is 7.04. The lowest BCUT2D eigenvalue weighted by Gasteiger charge is -2.48. The fourth-order valence-electron chi connectivity index (χ4n) is 4.25. The Labute approximate surface area is 160 Å². The van der Waals surface area contributed by atoms with E-state index in [0.717, 1.165) is 12.8 Å². The van der Waals surface area contributed by atoms with E-state index < -0.39 is 12.0 Å². The molecule has 0 bridgehead atoms. The molecule has 1 spiro atoms. The maximum atomic E-state index is 12.9. The van der Waals surface area contributed by atoms with Crippen LogP contribution in [0, 0.1) is 0 Å². The van der Waals surface area contributed by atoms with Gasteiger partial charge in [0.15, 0.2) is 0 Å². The molecule has 3 heterocycles. The van der Waals surface area contributed by atoms with Crippen molar-refractivity contribution in [3.63, 3.8) is 0 Å². The molecule has 1 N–H and O–H groups in total. The highest BCUT2D eigenvalue weighted by Crippen LogP contribution is 2.37. The molecule has 0 radical (unpaired) electrons. The fraction of sp³-hybridized carbons (Fsp3) is 0.579. The van der Waals surface area contributed by atoms with Crippen molar-refractivity contribution in [2.75, 3.05) is 26.8 Å². The predicted octanol–water partition coefficient (Wildman–Crippen LogP) is 3.38. The third-order valence-electron chi connectivity index (χ3n) is 5.77. The number of hydrogen-bond acceptors (Lipinski definition) is 4. The minimum absolute atomic E-state index is 0.0284. The molecule has 2 aliphatic rings. The maximum Gasteiger partial charge on any atom is 0.449 e. The lowest BCUT2D eigenvalue weighted by Crippen LogP contribution is -2.56. The molecule has 0 aliphatic carbocycles. The SMILES string of the molecule is COC1CCCOC12CCN(C(=O)c1ccc3nc(C(F)(F)F)[nH]c3c1)CC2. The van der Waals surface area contributed by atoms with Crippen LogP contribution in [0.1, 0.15) is 41.9 Å². The molecule has 152 valence electrons. The van der Waals surface area contributed by atoms with Crippen LogP contribution >= 0.6 is 0 Å². The van der Waals surface area contributed by atoms with E-state index in [-0.39, 0.29) is 28.6 Å². The number of H-pyrrole nitrogens is 1. The number of aromatic amines is 1. The molecular weight excluding hydrogens is 375 g/mol. The van der Waals surface area contributed by atoms with Crippen LogP contribution in [0.2, 0.25) is 0 Å². The van der Waals surface area contributed by atoms with Gasteiger partial charge < -0.3 is 19.4 Å². The molecule has 1 unspecified atom stereocenters. The number of nitrogens with one attached hydrogen (secondary N) is 1. The summed E-state index contributed by atoms with van der Waals surface area (Å²) in [5.41, 5.74) is 0.369. The Bertz CT molecular complexity index is 872. The van der Waals surface area contributed by atoms with E-state index in [1.54, 1.807) is 12.0 Å². The summed E-state index contributed by atoms with van der Waals surface area (Å²) in [6.45, 7) is 1.74. The van der Waals surface area contributed by atoms with Crippen LogP contribution in [0.5, 0.6) is 0 Å². The Morgan fingerprint density at radius 3 is 2.79 bits per heavy atom. The Hall–Kier alpha value is -2.13. The molecule has 1 atom stereocenters. The van der Waals surface area contributed by atoms with Gasteiger partial charge in [0.05, 0.1) is 22.7 Å². The van der Waals surface area contributed by atoms with E-state index in [9.17, 15) is 18.0 Å². The summed E-state index contributed by atoms with van der Waals surface area (Å²) in [4.78, 5) is 20.4. The number of carbonyl (C=O) groups excluding carboxylic acids is 1. The number of nitrogens with zero attached hydrogens (tertiary/aromatic N) is 2. The number of fused-ring (bicyclic) bond motifs is 1. The number of alkyl halides is 3.